The largest absolute Gasteiger partial charge is 0.367 e. The smallest absolute Gasteiger partial charge is 0.286 e. The van der Waals surface area contributed by atoms with E-state index in [9.17, 15) is 9.59 Å². The number of fused-ring (bicyclic) bond motifs is 1. The number of benzene rings is 2. The summed E-state index contributed by atoms with van der Waals surface area (Å²) in [6.07, 6.45) is 1.61. The van der Waals surface area contributed by atoms with Gasteiger partial charge in [-0.15, -0.1) is 0 Å². The van der Waals surface area contributed by atoms with Gasteiger partial charge in [-0.05, 0) is 36.0 Å². The van der Waals surface area contributed by atoms with E-state index in [-0.39, 0.29) is 28.4 Å². The van der Waals surface area contributed by atoms with Crippen molar-refractivity contribution in [1.82, 2.24) is 5.32 Å². The lowest BCUT2D eigenvalue weighted by molar-refractivity contribution is -0.119. The molecule has 4 nitrogen and oxygen atoms in total. The Balaban J connectivity index is 1.69. The molecule has 2 aliphatic heterocycles. The van der Waals surface area contributed by atoms with Gasteiger partial charge in [0.25, 0.3) is 5.24 Å². The minimum absolute atomic E-state index is 0.150. The van der Waals surface area contributed by atoms with Crippen LogP contribution in [0.25, 0.3) is 0 Å². The molecule has 0 spiro atoms. The molecule has 0 aliphatic carbocycles. The summed E-state index contributed by atoms with van der Waals surface area (Å²) >= 11 is 1.13. The fourth-order valence-corrected chi connectivity index (χ4v) is 5.00. The summed E-state index contributed by atoms with van der Waals surface area (Å²) in [6, 6.07) is 19.1. The molecule has 2 heterocycles. The second-order valence-electron chi connectivity index (χ2n) is 6.68. The van der Waals surface area contributed by atoms with Gasteiger partial charge in [0.2, 0.25) is 5.91 Å². The Morgan fingerprint density at radius 3 is 2.52 bits per heavy atom. The Kier molecular flexibility index (Phi) is 4.25. The second kappa shape index (κ2) is 6.56. The molecular weight excluding hydrogens is 332 g/mol. The van der Waals surface area contributed by atoms with Crippen molar-refractivity contribution in [3.8, 4) is 0 Å². The van der Waals surface area contributed by atoms with E-state index in [1.165, 1.54) is 16.8 Å². The summed E-state index contributed by atoms with van der Waals surface area (Å²) < 4.78 is 0. The quantitative estimate of drug-likeness (QED) is 0.913. The molecule has 3 atom stereocenters. The number of nitrogens with one attached hydrogen (secondary N) is 1. The van der Waals surface area contributed by atoms with Gasteiger partial charge in [-0.3, -0.25) is 14.9 Å². The van der Waals surface area contributed by atoms with Crippen LogP contribution in [0.1, 0.15) is 23.6 Å². The number of para-hydroxylation sites is 1. The first kappa shape index (κ1) is 16.2. The van der Waals surface area contributed by atoms with E-state index in [2.05, 4.69) is 65.8 Å². The van der Waals surface area contributed by atoms with Gasteiger partial charge in [0.05, 0.1) is 11.3 Å². The summed E-state index contributed by atoms with van der Waals surface area (Å²) in [5, 5.41) is 1.90. The van der Waals surface area contributed by atoms with Crippen LogP contribution in [0.3, 0.4) is 0 Å². The van der Waals surface area contributed by atoms with Crippen LogP contribution in [-0.4, -0.2) is 23.4 Å². The second-order valence-corrected chi connectivity index (χ2v) is 7.85. The molecule has 2 aliphatic rings. The highest BCUT2D eigenvalue weighted by molar-refractivity contribution is 8.15. The molecule has 4 rings (SSSR count). The van der Waals surface area contributed by atoms with E-state index in [4.69, 9.17) is 0 Å². The molecule has 3 unspecified atom stereocenters. The van der Waals surface area contributed by atoms with Crippen LogP contribution in [0, 0.1) is 5.92 Å². The Bertz CT molecular complexity index is 808. The highest BCUT2D eigenvalue weighted by atomic mass is 32.2. The lowest BCUT2D eigenvalue weighted by Gasteiger charge is -2.42. The maximum absolute atomic E-state index is 12.1. The molecule has 1 N–H and O–H groups in total. The van der Waals surface area contributed by atoms with Crippen LogP contribution in [0.2, 0.25) is 0 Å². The van der Waals surface area contributed by atoms with E-state index < -0.39 is 0 Å². The van der Waals surface area contributed by atoms with Gasteiger partial charge in [0.15, 0.2) is 0 Å². The summed E-state index contributed by atoms with van der Waals surface area (Å²) in [7, 11) is 2.12. The maximum Gasteiger partial charge on any atom is 0.286 e. The molecule has 0 radical (unpaired) electrons. The number of thioether (sulfide) groups is 1. The van der Waals surface area contributed by atoms with E-state index in [0.29, 0.717) is 6.42 Å². The lowest BCUT2D eigenvalue weighted by atomic mass is 9.79. The Hall–Kier alpha value is -2.27. The topological polar surface area (TPSA) is 49.4 Å². The first-order valence-corrected chi connectivity index (χ1v) is 9.38. The van der Waals surface area contributed by atoms with Crippen molar-refractivity contribution in [2.75, 3.05) is 11.9 Å². The van der Waals surface area contributed by atoms with Gasteiger partial charge in [-0.1, -0.05) is 60.3 Å². The van der Waals surface area contributed by atoms with Crippen molar-refractivity contribution < 1.29 is 9.59 Å². The van der Waals surface area contributed by atoms with Crippen LogP contribution in [0.5, 0.6) is 0 Å². The Morgan fingerprint density at radius 2 is 1.80 bits per heavy atom. The molecule has 1 fully saturated rings. The monoisotopic (exact) mass is 352 g/mol. The Morgan fingerprint density at radius 1 is 1.08 bits per heavy atom. The minimum Gasteiger partial charge on any atom is -0.367 e. The number of carbonyl (C=O) groups excluding carboxylic acids is 2. The van der Waals surface area contributed by atoms with Crippen molar-refractivity contribution in [3.63, 3.8) is 0 Å². The number of anilines is 1. The lowest BCUT2D eigenvalue weighted by Crippen LogP contribution is -2.38. The van der Waals surface area contributed by atoms with Gasteiger partial charge in [-0.25, -0.2) is 0 Å². The average Bonchev–Trinajstić information content (AvgIpc) is 2.93. The Labute approximate surface area is 151 Å². The first-order valence-electron chi connectivity index (χ1n) is 8.50. The van der Waals surface area contributed by atoms with E-state index in [1.54, 1.807) is 0 Å². The highest BCUT2D eigenvalue weighted by Crippen LogP contribution is 2.44. The third kappa shape index (κ3) is 3.04. The predicted octanol–water partition coefficient (Wildman–Crippen LogP) is 3.78. The number of rotatable bonds is 3. The van der Waals surface area contributed by atoms with Crippen molar-refractivity contribution >= 4 is 28.6 Å². The van der Waals surface area contributed by atoms with E-state index in [1.807, 2.05) is 6.07 Å². The molecule has 128 valence electrons. The fraction of sp³-hybridized carbons (Fsp3) is 0.300. The number of hydrogen-bond donors (Lipinski definition) is 1. The zero-order valence-corrected chi connectivity index (χ0v) is 14.8. The maximum atomic E-state index is 12.1. The summed E-state index contributed by atoms with van der Waals surface area (Å²) in [4.78, 5) is 25.9. The number of nitrogens with zero attached hydrogens (tertiary/aromatic N) is 1. The average molecular weight is 352 g/mol. The van der Waals surface area contributed by atoms with Crippen LogP contribution in [0.4, 0.5) is 10.5 Å². The SMILES string of the molecule is CN1c2ccccc2CC(CC2SC(=O)NC2=O)C1c1ccccc1. The predicted molar refractivity (Wildman–Crippen MR) is 101 cm³/mol. The van der Waals surface area contributed by atoms with Crippen LogP contribution < -0.4 is 10.2 Å². The van der Waals surface area contributed by atoms with Crippen molar-refractivity contribution in [2.24, 2.45) is 5.92 Å². The third-order valence-corrected chi connectivity index (χ3v) is 6.15. The van der Waals surface area contributed by atoms with Gasteiger partial charge in [-0.2, -0.15) is 0 Å². The zero-order valence-electron chi connectivity index (χ0n) is 14.0. The number of hydrogen-bond acceptors (Lipinski definition) is 4. The molecule has 2 aromatic rings. The summed E-state index contributed by atoms with van der Waals surface area (Å²) in [6.45, 7) is 0. The highest BCUT2D eigenvalue weighted by Gasteiger charge is 2.39. The normalized spacial score (nSPS) is 25.6. The first-order chi connectivity index (χ1) is 12.1. The molecule has 5 heteroatoms. The fourth-order valence-electron chi connectivity index (χ4n) is 4.07. The van der Waals surface area contributed by atoms with Gasteiger partial charge in [0, 0.05) is 12.7 Å². The van der Waals surface area contributed by atoms with Gasteiger partial charge in [0.1, 0.15) is 0 Å². The summed E-state index contributed by atoms with van der Waals surface area (Å²) in [5.41, 5.74) is 3.79. The number of amides is 2. The molecule has 0 bridgehead atoms. The van der Waals surface area contributed by atoms with Crippen molar-refractivity contribution in [2.45, 2.75) is 24.1 Å². The molecular formula is C20H20N2O2S. The van der Waals surface area contributed by atoms with Crippen LogP contribution in [-0.2, 0) is 11.2 Å². The summed E-state index contributed by atoms with van der Waals surface area (Å²) in [5.74, 6) is 0.125. The molecule has 25 heavy (non-hydrogen) atoms. The van der Waals surface area contributed by atoms with E-state index >= 15 is 0 Å². The molecule has 0 saturated carbocycles. The minimum atomic E-state index is -0.289. The van der Waals surface area contributed by atoms with Crippen LogP contribution in [0.15, 0.2) is 54.6 Å². The third-order valence-electron chi connectivity index (χ3n) is 5.14. The molecule has 2 aromatic carbocycles. The van der Waals surface area contributed by atoms with Crippen molar-refractivity contribution in [3.05, 3.63) is 65.7 Å². The number of imide groups is 1. The van der Waals surface area contributed by atoms with Crippen LogP contribution >= 0.6 is 11.8 Å². The molecule has 2 amide bonds. The molecule has 1 saturated heterocycles. The zero-order chi connectivity index (χ0) is 17.4. The van der Waals surface area contributed by atoms with Crippen molar-refractivity contribution in [1.29, 1.82) is 0 Å². The van der Waals surface area contributed by atoms with Gasteiger partial charge >= 0.3 is 0 Å². The number of carbonyl (C=O) groups is 2. The van der Waals surface area contributed by atoms with Gasteiger partial charge < -0.3 is 4.90 Å². The molecule has 0 aromatic heterocycles. The van der Waals surface area contributed by atoms with E-state index in [0.717, 1.165) is 18.2 Å². The standard InChI is InChI=1S/C20H20N2O2S/c1-22-16-10-6-5-9-14(16)11-15(12-17-19(23)21-20(24)25-17)18(22)13-7-3-2-4-8-13/h2-10,15,17-18H,11-12H2,1H3,(H,21,23,24).